The Morgan fingerprint density at radius 3 is 2.44 bits per heavy atom. The summed E-state index contributed by atoms with van der Waals surface area (Å²) in [5.74, 6) is -0.172. The van der Waals surface area contributed by atoms with E-state index in [0.29, 0.717) is 0 Å². The number of nitrogens with zero attached hydrogens (tertiary/aromatic N) is 1. The van der Waals surface area contributed by atoms with E-state index in [1.54, 1.807) is 0 Å². The van der Waals surface area contributed by atoms with E-state index in [1.807, 2.05) is 12.1 Å². The van der Waals surface area contributed by atoms with Crippen molar-refractivity contribution in [1.29, 1.82) is 0 Å². The Labute approximate surface area is 97.3 Å². The van der Waals surface area contributed by atoms with Gasteiger partial charge in [-0.05, 0) is 50.7 Å². The molecule has 0 aliphatic carbocycles. The molecule has 1 aromatic carbocycles. The van der Waals surface area contributed by atoms with Crippen LogP contribution in [0.15, 0.2) is 24.3 Å². The molecule has 0 saturated heterocycles. The minimum absolute atomic E-state index is 0.172. The van der Waals surface area contributed by atoms with Gasteiger partial charge in [-0.25, -0.2) is 4.39 Å². The van der Waals surface area contributed by atoms with Gasteiger partial charge in [0.2, 0.25) is 0 Å². The highest BCUT2D eigenvalue weighted by Gasteiger charge is 2.00. The van der Waals surface area contributed by atoms with Crippen molar-refractivity contribution in [1.82, 2.24) is 4.90 Å². The molecule has 0 atom stereocenters. The monoisotopic (exact) mass is 224 g/mol. The van der Waals surface area contributed by atoms with E-state index in [4.69, 9.17) is 5.73 Å². The highest BCUT2D eigenvalue weighted by molar-refractivity contribution is 5.15. The molecule has 2 N–H and O–H groups in total. The van der Waals surface area contributed by atoms with Crippen molar-refractivity contribution in [2.24, 2.45) is 5.73 Å². The molecule has 0 fully saturated rings. The molecule has 0 radical (unpaired) electrons. The summed E-state index contributed by atoms with van der Waals surface area (Å²) in [7, 11) is 2.09. The Kier molecular flexibility index (Phi) is 6.04. The van der Waals surface area contributed by atoms with Gasteiger partial charge in [-0.2, -0.15) is 0 Å². The van der Waals surface area contributed by atoms with Crippen molar-refractivity contribution < 1.29 is 4.39 Å². The van der Waals surface area contributed by atoms with Gasteiger partial charge in [0.25, 0.3) is 0 Å². The SMILES string of the molecule is CN(CCCCCN)Cc1ccc(F)cc1. The van der Waals surface area contributed by atoms with E-state index < -0.39 is 0 Å². The number of hydrogen-bond donors (Lipinski definition) is 1. The molecule has 0 aliphatic heterocycles. The first-order valence-electron chi connectivity index (χ1n) is 5.85. The van der Waals surface area contributed by atoms with E-state index in [-0.39, 0.29) is 5.82 Å². The molecule has 90 valence electrons. The number of rotatable bonds is 7. The van der Waals surface area contributed by atoms with Gasteiger partial charge in [0.15, 0.2) is 0 Å². The number of unbranched alkanes of at least 4 members (excludes halogenated alkanes) is 2. The van der Waals surface area contributed by atoms with Gasteiger partial charge in [-0.1, -0.05) is 18.6 Å². The van der Waals surface area contributed by atoms with Crippen molar-refractivity contribution in [3.8, 4) is 0 Å². The van der Waals surface area contributed by atoms with Crippen LogP contribution in [-0.2, 0) is 6.54 Å². The van der Waals surface area contributed by atoms with Gasteiger partial charge in [0.1, 0.15) is 5.82 Å². The number of hydrogen-bond acceptors (Lipinski definition) is 2. The summed E-state index contributed by atoms with van der Waals surface area (Å²) >= 11 is 0. The third kappa shape index (κ3) is 5.24. The van der Waals surface area contributed by atoms with Crippen LogP contribution in [0.25, 0.3) is 0 Å². The lowest BCUT2D eigenvalue weighted by atomic mass is 10.2. The van der Waals surface area contributed by atoms with Crippen molar-refractivity contribution in [3.63, 3.8) is 0 Å². The van der Waals surface area contributed by atoms with Crippen LogP contribution >= 0.6 is 0 Å². The molecule has 0 saturated carbocycles. The number of halogens is 1. The summed E-state index contributed by atoms with van der Waals surface area (Å²) < 4.78 is 12.7. The standard InChI is InChI=1S/C13H21FN2/c1-16(10-4-2-3-9-15)11-12-5-7-13(14)8-6-12/h5-8H,2-4,9-11,15H2,1H3. The molecule has 0 spiro atoms. The first-order chi connectivity index (χ1) is 7.72. The van der Waals surface area contributed by atoms with Gasteiger partial charge in [-0.3, -0.25) is 0 Å². The first kappa shape index (κ1) is 13.1. The van der Waals surface area contributed by atoms with E-state index in [9.17, 15) is 4.39 Å². The minimum Gasteiger partial charge on any atom is -0.330 e. The van der Waals surface area contributed by atoms with Crippen LogP contribution in [0, 0.1) is 5.82 Å². The van der Waals surface area contributed by atoms with Gasteiger partial charge in [-0.15, -0.1) is 0 Å². The molecule has 0 heterocycles. The second kappa shape index (κ2) is 7.36. The fraction of sp³-hybridized carbons (Fsp3) is 0.538. The summed E-state index contributed by atoms with van der Waals surface area (Å²) in [6, 6.07) is 6.70. The lowest BCUT2D eigenvalue weighted by molar-refractivity contribution is 0.317. The van der Waals surface area contributed by atoms with Gasteiger partial charge >= 0.3 is 0 Å². The zero-order valence-corrected chi connectivity index (χ0v) is 9.95. The molecule has 16 heavy (non-hydrogen) atoms. The highest BCUT2D eigenvalue weighted by atomic mass is 19.1. The predicted molar refractivity (Wildman–Crippen MR) is 65.6 cm³/mol. The summed E-state index contributed by atoms with van der Waals surface area (Å²) in [6.07, 6.45) is 3.46. The van der Waals surface area contributed by atoms with Gasteiger partial charge in [0, 0.05) is 6.54 Å². The average molecular weight is 224 g/mol. The maximum Gasteiger partial charge on any atom is 0.123 e. The zero-order valence-electron chi connectivity index (χ0n) is 9.95. The molecule has 2 nitrogen and oxygen atoms in total. The molecule has 0 unspecified atom stereocenters. The van der Waals surface area contributed by atoms with Crippen LogP contribution in [0.2, 0.25) is 0 Å². The molecule has 1 rings (SSSR count). The summed E-state index contributed by atoms with van der Waals surface area (Å²) in [5.41, 5.74) is 6.59. The van der Waals surface area contributed by atoms with E-state index in [1.165, 1.54) is 25.0 Å². The first-order valence-corrected chi connectivity index (χ1v) is 5.85. The summed E-state index contributed by atoms with van der Waals surface area (Å²) in [5, 5.41) is 0. The van der Waals surface area contributed by atoms with E-state index in [2.05, 4.69) is 11.9 Å². The Morgan fingerprint density at radius 1 is 1.12 bits per heavy atom. The lowest BCUT2D eigenvalue weighted by Crippen LogP contribution is -2.19. The van der Waals surface area contributed by atoms with Gasteiger partial charge < -0.3 is 10.6 Å². The zero-order chi connectivity index (χ0) is 11.8. The largest absolute Gasteiger partial charge is 0.330 e. The Morgan fingerprint density at radius 2 is 1.81 bits per heavy atom. The van der Waals surface area contributed by atoms with Crippen LogP contribution in [0.3, 0.4) is 0 Å². The van der Waals surface area contributed by atoms with E-state index >= 15 is 0 Å². The van der Waals surface area contributed by atoms with Gasteiger partial charge in [0.05, 0.1) is 0 Å². The van der Waals surface area contributed by atoms with Crippen molar-refractivity contribution in [2.45, 2.75) is 25.8 Å². The number of nitrogens with two attached hydrogens (primary N) is 1. The van der Waals surface area contributed by atoms with Crippen molar-refractivity contribution >= 4 is 0 Å². The second-order valence-corrected chi connectivity index (χ2v) is 4.21. The minimum atomic E-state index is -0.172. The van der Waals surface area contributed by atoms with Crippen LogP contribution < -0.4 is 5.73 Å². The average Bonchev–Trinajstić information content (AvgIpc) is 2.28. The van der Waals surface area contributed by atoms with Crippen LogP contribution in [0.4, 0.5) is 4.39 Å². The van der Waals surface area contributed by atoms with Crippen LogP contribution in [-0.4, -0.2) is 25.0 Å². The topological polar surface area (TPSA) is 29.3 Å². The fourth-order valence-electron chi connectivity index (χ4n) is 1.68. The van der Waals surface area contributed by atoms with Crippen LogP contribution in [0.5, 0.6) is 0 Å². The molecule has 0 aromatic heterocycles. The molecule has 0 amide bonds. The Hall–Kier alpha value is -0.930. The molecule has 3 heteroatoms. The van der Waals surface area contributed by atoms with Crippen molar-refractivity contribution in [2.75, 3.05) is 20.1 Å². The molecule has 0 bridgehead atoms. The quantitative estimate of drug-likeness (QED) is 0.721. The third-order valence-electron chi connectivity index (χ3n) is 2.61. The fourth-order valence-corrected chi connectivity index (χ4v) is 1.68. The maximum absolute atomic E-state index is 12.7. The van der Waals surface area contributed by atoms with Crippen molar-refractivity contribution in [3.05, 3.63) is 35.6 Å². The number of benzene rings is 1. The smallest absolute Gasteiger partial charge is 0.123 e. The summed E-state index contributed by atoms with van der Waals surface area (Å²) in [4.78, 5) is 2.25. The molecular formula is C13H21FN2. The molecular weight excluding hydrogens is 203 g/mol. The normalized spacial score (nSPS) is 11.0. The maximum atomic E-state index is 12.7. The third-order valence-corrected chi connectivity index (χ3v) is 2.61. The molecule has 0 aliphatic rings. The highest BCUT2D eigenvalue weighted by Crippen LogP contribution is 2.06. The van der Waals surface area contributed by atoms with E-state index in [0.717, 1.165) is 31.6 Å². The predicted octanol–water partition coefficient (Wildman–Crippen LogP) is 2.39. The Bertz CT molecular complexity index is 284. The Balaban J connectivity index is 2.23. The molecule has 1 aromatic rings. The summed E-state index contributed by atoms with van der Waals surface area (Å²) in [6.45, 7) is 2.72. The lowest BCUT2D eigenvalue weighted by Gasteiger charge is -2.16. The second-order valence-electron chi connectivity index (χ2n) is 4.21. The van der Waals surface area contributed by atoms with Crippen LogP contribution in [0.1, 0.15) is 24.8 Å².